The third-order valence-electron chi connectivity index (χ3n) is 2.98. The SMILES string of the molecule is Nc1ccccc1O[C@@H]1O[C@@H](C(=O)O)[C@@H](O)[C@@H](O)[C@H]1O. The second-order valence-electron chi connectivity index (χ2n) is 4.39. The second kappa shape index (κ2) is 5.63. The molecule has 8 nitrogen and oxygen atoms in total. The molecular formula is C12H15NO7. The highest BCUT2D eigenvalue weighted by atomic mass is 16.7. The summed E-state index contributed by atoms with van der Waals surface area (Å²) in [4.78, 5) is 10.9. The molecule has 0 spiro atoms. The maximum Gasteiger partial charge on any atom is 0.335 e. The topological polar surface area (TPSA) is 142 Å². The molecule has 1 aliphatic heterocycles. The lowest BCUT2D eigenvalue weighted by atomic mass is 9.99. The zero-order chi connectivity index (χ0) is 14.9. The molecular weight excluding hydrogens is 270 g/mol. The van der Waals surface area contributed by atoms with Gasteiger partial charge in [0.15, 0.2) is 6.10 Å². The van der Waals surface area contributed by atoms with Crippen LogP contribution in [0.2, 0.25) is 0 Å². The lowest BCUT2D eigenvalue weighted by Gasteiger charge is -2.38. The van der Waals surface area contributed by atoms with E-state index in [-0.39, 0.29) is 11.4 Å². The molecule has 2 rings (SSSR count). The largest absolute Gasteiger partial charge is 0.479 e. The highest BCUT2D eigenvalue weighted by Gasteiger charge is 2.48. The van der Waals surface area contributed by atoms with Gasteiger partial charge in [0.25, 0.3) is 0 Å². The fourth-order valence-electron chi connectivity index (χ4n) is 1.86. The van der Waals surface area contributed by atoms with Crippen LogP contribution < -0.4 is 10.5 Å². The Morgan fingerprint density at radius 3 is 2.40 bits per heavy atom. The van der Waals surface area contributed by atoms with E-state index in [0.29, 0.717) is 0 Å². The van der Waals surface area contributed by atoms with Crippen LogP contribution >= 0.6 is 0 Å². The van der Waals surface area contributed by atoms with Crippen LogP contribution in [0.25, 0.3) is 0 Å². The number of hydrogen-bond acceptors (Lipinski definition) is 7. The molecule has 0 bridgehead atoms. The molecule has 1 fully saturated rings. The molecule has 0 radical (unpaired) electrons. The minimum Gasteiger partial charge on any atom is -0.479 e. The number of ether oxygens (including phenoxy) is 2. The predicted molar refractivity (Wildman–Crippen MR) is 65.8 cm³/mol. The molecule has 8 heteroatoms. The molecule has 1 aromatic carbocycles. The maximum absolute atomic E-state index is 10.9. The first-order chi connectivity index (χ1) is 9.41. The fourth-order valence-corrected chi connectivity index (χ4v) is 1.86. The molecule has 0 unspecified atom stereocenters. The number of nitrogens with two attached hydrogens (primary N) is 1. The van der Waals surface area contributed by atoms with E-state index in [9.17, 15) is 20.1 Å². The second-order valence-corrected chi connectivity index (χ2v) is 4.39. The average Bonchev–Trinajstić information content (AvgIpc) is 2.41. The summed E-state index contributed by atoms with van der Waals surface area (Å²) in [5.74, 6) is -1.30. The lowest BCUT2D eigenvalue weighted by molar-refractivity contribution is -0.271. The van der Waals surface area contributed by atoms with Crippen LogP contribution in [0.1, 0.15) is 0 Å². The Kier molecular flexibility index (Phi) is 4.09. The van der Waals surface area contributed by atoms with Gasteiger partial charge in [-0.2, -0.15) is 0 Å². The molecule has 110 valence electrons. The van der Waals surface area contributed by atoms with Gasteiger partial charge in [-0.3, -0.25) is 0 Å². The van der Waals surface area contributed by atoms with Crippen LogP contribution in [-0.2, 0) is 9.53 Å². The molecule has 1 heterocycles. The first kappa shape index (κ1) is 14.5. The Hall–Kier alpha value is -1.87. The van der Waals surface area contributed by atoms with Crippen molar-refractivity contribution in [3.05, 3.63) is 24.3 Å². The Bertz CT molecular complexity index is 494. The van der Waals surface area contributed by atoms with Crippen LogP contribution in [0.4, 0.5) is 5.69 Å². The predicted octanol–water partition coefficient (Wildman–Crippen LogP) is -1.46. The van der Waals surface area contributed by atoms with E-state index in [4.69, 9.17) is 20.3 Å². The summed E-state index contributed by atoms with van der Waals surface area (Å²) in [6.45, 7) is 0. The van der Waals surface area contributed by atoms with Crippen molar-refractivity contribution in [2.45, 2.75) is 30.7 Å². The van der Waals surface area contributed by atoms with Crippen LogP contribution in [0.15, 0.2) is 24.3 Å². The van der Waals surface area contributed by atoms with Gasteiger partial charge in [0.05, 0.1) is 5.69 Å². The van der Waals surface area contributed by atoms with Gasteiger partial charge in [-0.25, -0.2) is 4.79 Å². The van der Waals surface area contributed by atoms with Gasteiger partial charge in [-0.05, 0) is 12.1 Å². The quantitative estimate of drug-likeness (QED) is 0.424. The molecule has 1 aromatic rings. The molecule has 5 atom stereocenters. The van der Waals surface area contributed by atoms with E-state index in [1.54, 1.807) is 18.2 Å². The Balaban J connectivity index is 2.18. The number of nitrogen functional groups attached to an aromatic ring is 1. The number of hydrogen-bond donors (Lipinski definition) is 5. The summed E-state index contributed by atoms with van der Waals surface area (Å²) < 4.78 is 10.2. The van der Waals surface area contributed by atoms with Gasteiger partial charge >= 0.3 is 5.97 Å². The van der Waals surface area contributed by atoms with Gasteiger partial charge in [-0.15, -0.1) is 0 Å². The average molecular weight is 285 g/mol. The number of anilines is 1. The smallest absolute Gasteiger partial charge is 0.335 e. The third-order valence-corrected chi connectivity index (χ3v) is 2.98. The van der Waals surface area contributed by atoms with Crippen LogP contribution in [0.3, 0.4) is 0 Å². The number of carboxylic acid groups (broad SMARTS) is 1. The maximum atomic E-state index is 10.9. The van der Waals surface area contributed by atoms with Gasteiger partial charge in [0.2, 0.25) is 6.29 Å². The van der Waals surface area contributed by atoms with E-state index in [1.807, 2.05) is 0 Å². The molecule has 1 saturated heterocycles. The minimum absolute atomic E-state index is 0.171. The van der Waals surface area contributed by atoms with E-state index in [1.165, 1.54) is 6.07 Å². The normalized spacial score (nSPS) is 33.6. The van der Waals surface area contributed by atoms with E-state index in [0.717, 1.165) is 0 Å². The van der Waals surface area contributed by atoms with Crippen molar-refractivity contribution in [2.24, 2.45) is 0 Å². The van der Waals surface area contributed by atoms with Gasteiger partial charge in [0.1, 0.15) is 24.1 Å². The molecule has 1 aliphatic rings. The van der Waals surface area contributed by atoms with Gasteiger partial charge in [-0.1, -0.05) is 12.1 Å². The highest BCUT2D eigenvalue weighted by molar-refractivity contribution is 5.73. The molecule has 20 heavy (non-hydrogen) atoms. The van der Waals surface area contributed by atoms with Gasteiger partial charge < -0.3 is 35.6 Å². The number of aliphatic hydroxyl groups is 3. The molecule has 0 saturated carbocycles. The Labute approximate surface area is 114 Å². The number of benzene rings is 1. The third kappa shape index (κ3) is 2.68. The minimum atomic E-state index is -1.75. The summed E-state index contributed by atoms with van der Waals surface area (Å²) in [7, 11) is 0. The van der Waals surface area contributed by atoms with Crippen LogP contribution in [-0.4, -0.2) is 57.1 Å². The number of carboxylic acids is 1. The monoisotopic (exact) mass is 285 g/mol. The summed E-state index contributed by atoms with van der Waals surface area (Å²) in [5, 5.41) is 37.8. The lowest BCUT2D eigenvalue weighted by Crippen LogP contribution is -2.61. The van der Waals surface area contributed by atoms with Gasteiger partial charge in [0, 0.05) is 0 Å². The standard InChI is InChI=1S/C12H15NO7/c13-5-3-1-2-4-6(5)19-12-9(16)7(14)8(15)10(20-12)11(17)18/h1-4,7-10,12,14-16H,13H2,(H,17,18)/t7-,8+,9-,10-,12-/m1/s1. The van der Waals surface area contributed by atoms with Crippen LogP contribution in [0.5, 0.6) is 5.75 Å². The van der Waals surface area contributed by atoms with Crippen molar-refractivity contribution < 1.29 is 34.7 Å². The summed E-state index contributed by atoms with van der Waals surface area (Å²) >= 11 is 0. The van der Waals surface area contributed by atoms with E-state index in [2.05, 4.69) is 0 Å². The zero-order valence-electron chi connectivity index (χ0n) is 10.3. The molecule has 0 aromatic heterocycles. The van der Waals surface area contributed by atoms with Crippen molar-refractivity contribution in [3.63, 3.8) is 0 Å². The fraction of sp³-hybridized carbons (Fsp3) is 0.417. The number of aliphatic carboxylic acids is 1. The number of carbonyl (C=O) groups is 1. The number of aliphatic hydroxyl groups excluding tert-OH is 3. The van der Waals surface area contributed by atoms with Crippen LogP contribution in [0, 0.1) is 0 Å². The summed E-state index contributed by atoms with van der Waals surface area (Å²) in [6.07, 6.45) is -8.24. The summed E-state index contributed by atoms with van der Waals surface area (Å²) in [6, 6.07) is 6.34. The van der Waals surface area contributed by atoms with Crippen molar-refractivity contribution in [1.29, 1.82) is 0 Å². The zero-order valence-corrected chi connectivity index (χ0v) is 10.3. The van der Waals surface area contributed by atoms with E-state index >= 15 is 0 Å². The number of para-hydroxylation sites is 2. The first-order valence-corrected chi connectivity index (χ1v) is 5.85. The first-order valence-electron chi connectivity index (χ1n) is 5.85. The molecule has 6 N–H and O–H groups in total. The van der Waals surface area contributed by atoms with Crippen molar-refractivity contribution in [1.82, 2.24) is 0 Å². The van der Waals surface area contributed by atoms with E-state index < -0.39 is 36.7 Å². The highest BCUT2D eigenvalue weighted by Crippen LogP contribution is 2.27. The number of rotatable bonds is 3. The Morgan fingerprint density at radius 1 is 1.15 bits per heavy atom. The molecule has 0 aliphatic carbocycles. The summed E-state index contributed by atoms with van der Waals surface area (Å²) in [5.41, 5.74) is 5.91. The Morgan fingerprint density at radius 2 is 1.80 bits per heavy atom. The van der Waals surface area contributed by atoms with Crippen molar-refractivity contribution in [2.75, 3.05) is 5.73 Å². The molecule has 0 amide bonds. The van der Waals surface area contributed by atoms with Crippen molar-refractivity contribution in [3.8, 4) is 5.75 Å². The van der Waals surface area contributed by atoms with Crippen molar-refractivity contribution >= 4 is 11.7 Å².